The number of hydrogen-bond donors (Lipinski definition) is 1. The summed E-state index contributed by atoms with van der Waals surface area (Å²) in [5.41, 5.74) is 0. The van der Waals surface area contributed by atoms with Gasteiger partial charge in [-0.3, -0.25) is 4.90 Å². The van der Waals surface area contributed by atoms with E-state index in [4.69, 9.17) is 14.2 Å². The van der Waals surface area contributed by atoms with Crippen LogP contribution in [0, 0.1) is 0 Å². The summed E-state index contributed by atoms with van der Waals surface area (Å²) in [7, 11) is 1.68. The fraction of sp³-hybridized carbons (Fsp3) is 1.00. The van der Waals surface area contributed by atoms with Crippen LogP contribution in [0.1, 0.15) is 26.2 Å². The molecule has 0 aliphatic carbocycles. The number of piperidine rings is 1. The van der Waals surface area contributed by atoms with Gasteiger partial charge in [-0.2, -0.15) is 0 Å². The van der Waals surface area contributed by atoms with Crippen molar-refractivity contribution in [3.05, 3.63) is 0 Å². The highest BCUT2D eigenvalue weighted by Crippen LogP contribution is 2.11. The van der Waals surface area contributed by atoms with E-state index < -0.39 is 0 Å². The van der Waals surface area contributed by atoms with Gasteiger partial charge in [-0.1, -0.05) is 6.92 Å². The van der Waals surface area contributed by atoms with E-state index in [0.717, 1.165) is 32.3 Å². The van der Waals surface area contributed by atoms with Crippen molar-refractivity contribution in [2.75, 3.05) is 66.3 Å². The van der Waals surface area contributed by atoms with E-state index in [1.807, 2.05) is 0 Å². The van der Waals surface area contributed by atoms with Gasteiger partial charge in [0.2, 0.25) is 0 Å². The molecule has 1 aliphatic heterocycles. The summed E-state index contributed by atoms with van der Waals surface area (Å²) in [6, 6.07) is 0.734. The maximum atomic E-state index is 5.66. The van der Waals surface area contributed by atoms with E-state index in [1.54, 1.807) is 7.11 Å². The predicted molar refractivity (Wildman–Crippen MR) is 81.3 cm³/mol. The largest absolute Gasteiger partial charge is 0.382 e. The van der Waals surface area contributed by atoms with Gasteiger partial charge in [-0.15, -0.1) is 0 Å². The quantitative estimate of drug-likeness (QED) is 0.545. The number of rotatable bonds is 12. The first-order valence-electron chi connectivity index (χ1n) is 7.97. The third-order valence-electron chi connectivity index (χ3n) is 3.66. The number of methoxy groups -OCH3 is 1. The van der Waals surface area contributed by atoms with Gasteiger partial charge in [0.25, 0.3) is 0 Å². The first-order chi connectivity index (χ1) is 9.88. The fourth-order valence-electron chi connectivity index (χ4n) is 2.58. The van der Waals surface area contributed by atoms with Crippen molar-refractivity contribution in [1.29, 1.82) is 0 Å². The SMILES string of the molecule is CCCN(CCOCCOCCOC)C1CCNCC1. The van der Waals surface area contributed by atoms with Crippen molar-refractivity contribution < 1.29 is 14.2 Å². The third-order valence-corrected chi connectivity index (χ3v) is 3.66. The molecule has 20 heavy (non-hydrogen) atoms. The van der Waals surface area contributed by atoms with Gasteiger partial charge in [0, 0.05) is 19.7 Å². The molecular formula is C15H32N2O3. The average Bonchev–Trinajstić information content (AvgIpc) is 2.50. The molecule has 0 aromatic rings. The summed E-state index contributed by atoms with van der Waals surface area (Å²) >= 11 is 0. The van der Waals surface area contributed by atoms with E-state index >= 15 is 0 Å². The Morgan fingerprint density at radius 1 is 0.950 bits per heavy atom. The summed E-state index contributed by atoms with van der Waals surface area (Å²) < 4.78 is 15.9. The van der Waals surface area contributed by atoms with Gasteiger partial charge in [-0.05, 0) is 38.9 Å². The Hall–Kier alpha value is -0.200. The van der Waals surface area contributed by atoms with Gasteiger partial charge in [-0.25, -0.2) is 0 Å². The normalized spacial score (nSPS) is 16.9. The zero-order valence-corrected chi connectivity index (χ0v) is 13.2. The average molecular weight is 288 g/mol. The molecule has 1 aliphatic rings. The van der Waals surface area contributed by atoms with E-state index in [2.05, 4.69) is 17.1 Å². The second-order valence-corrected chi connectivity index (χ2v) is 5.23. The molecule has 5 heteroatoms. The number of hydrogen-bond acceptors (Lipinski definition) is 5. The molecule has 0 bridgehead atoms. The van der Waals surface area contributed by atoms with Crippen molar-refractivity contribution in [3.8, 4) is 0 Å². The lowest BCUT2D eigenvalue weighted by molar-refractivity contribution is 0.0151. The van der Waals surface area contributed by atoms with Gasteiger partial charge in [0.15, 0.2) is 0 Å². The van der Waals surface area contributed by atoms with Crippen molar-refractivity contribution in [2.45, 2.75) is 32.2 Å². The molecule has 0 aromatic carbocycles. The molecule has 0 spiro atoms. The lowest BCUT2D eigenvalue weighted by Gasteiger charge is -2.34. The molecule has 1 saturated heterocycles. The van der Waals surface area contributed by atoms with E-state index in [0.29, 0.717) is 26.4 Å². The maximum absolute atomic E-state index is 5.66. The van der Waals surface area contributed by atoms with Crippen LogP contribution >= 0.6 is 0 Å². The van der Waals surface area contributed by atoms with E-state index in [1.165, 1.54) is 25.8 Å². The fourth-order valence-corrected chi connectivity index (χ4v) is 2.58. The van der Waals surface area contributed by atoms with Crippen LogP contribution < -0.4 is 5.32 Å². The third kappa shape index (κ3) is 8.17. The maximum Gasteiger partial charge on any atom is 0.0701 e. The Morgan fingerprint density at radius 2 is 1.60 bits per heavy atom. The number of nitrogens with zero attached hydrogens (tertiary/aromatic N) is 1. The number of nitrogens with one attached hydrogen (secondary N) is 1. The Labute approximate surface area is 123 Å². The summed E-state index contributed by atoms with van der Waals surface area (Å²) in [5, 5.41) is 3.43. The first-order valence-corrected chi connectivity index (χ1v) is 7.97. The van der Waals surface area contributed by atoms with E-state index in [-0.39, 0.29) is 0 Å². The summed E-state index contributed by atoms with van der Waals surface area (Å²) in [6.45, 7) is 10.2. The van der Waals surface area contributed by atoms with Crippen LogP contribution in [0.2, 0.25) is 0 Å². The highest BCUT2D eigenvalue weighted by atomic mass is 16.5. The molecule has 0 unspecified atom stereocenters. The topological polar surface area (TPSA) is 43.0 Å². The number of ether oxygens (including phenoxy) is 3. The molecule has 1 rings (SSSR count). The predicted octanol–water partition coefficient (Wildman–Crippen LogP) is 1.13. The smallest absolute Gasteiger partial charge is 0.0701 e. The molecule has 120 valence electrons. The Bertz CT molecular complexity index is 211. The van der Waals surface area contributed by atoms with Gasteiger partial charge >= 0.3 is 0 Å². The molecule has 0 saturated carbocycles. The van der Waals surface area contributed by atoms with Gasteiger partial charge in [0.05, 0.1) is 33.0 Å². The van der Waals surface area contributed by atoms with Crippen molar-refractivity contribution >= 4 is 0 Å². The standard InChI is InChI=1S/C15H32N2O3/c1-3-8-17(15-4-6-16-7-5-15)9-10-19-13-14-20-12-11-18-2/h15-16H,3-14H2,1-2H3. The van der Waals surface area contributed by atoms with Crippen LogP contribution in [-0.4, -0.2) is 77.3 Å². The lowest BCUT2D eigenvalue weighted by atomic mass is 10.0. The molecule has 0 aromatic heterocycles. The Kier molecular flexibility index (Phi) is 11.2. The molecule has 1 N–H and O–H groups in total. The van der Waals surface area contributed by atoms with Crippen LogP contribution in [0.25, 0.3) is 0 Å². The Balaban J connectivity index is 2.03. The van der Waals surface area contributed by atoms with Crippen molar-refractivity contribution in [3.63, 3.8) is 0 Å². The lowest BCUT2D eigenvalue weighted by Crippen LogP contribution is -2.44. The van der Waals surface area contributed by atoms with Gasteiger partial charge in [0.1, 0.15) is 0 Å². The first kappa shape index (κ1) is 17.9. The summed E-state index contributed by atoms with van der Waals surface area (Å²) in [5.74, 6) is 0. The van der Waals surface area contributed by atoms with Crippen LogP contribution in [0.5, 0.6) is 0 Å². The molecular weight excluding hydrogens is 256 g/mol. The molecule has 1 heterocycles. The van der Waals surface area contributed by atoms with E-state index in [9.17, 15) is 0 Å². The second kappa shape index (κ2) is 12.5. The molecule has 0 amide bonds. The highest BCUT2D eigenvalue weighted by Gasteiger charge is 2.19. The van der Waals surface area contributed by atoms with Crippen LogP contribution in [-0.2, 0) is 14.2 Å². The highest BCUT2D eigenvalue weighted by molar-refractivity contribution is 4.77. The Morgan fingerprint density at radius 3 is 2.25 bits per heavy atom. The molecule has 1 fully saturated rings. The zero-order chi connectivity index (χ0) is 14.5. The van der Waals surface area contributed by atoms with Crippen LogP contribution in [0.3, 0.4) is 0 Å². The summed E-state index contributed by atoms with van der Waals surface area (Å²) in [4.78, 5) is 2.59. The molecule has 0 atom stereocenters. The second-order valence-electron chi connectivity index (χ2n) is 5.23. The van der Waals surface area contributed by atoms with Crippen molar-refractivity contribution in [1.82, 2.24) is 10.2 Å². The summed E-state index contributed by atoms with van der Waals surface area (Å²) in [6.07, 6.45) is 3.74. The zero-order valence-electron chi connectivity index (χ0n) is 13.2. The monoisotopic (exact) mass is 288 g/mol. The van der Waals surface area contributed by atoms with Crippen LogP contribution in [0.15, 0.2) is 0 Å². The molecule has 5 nitrogen and oxygen atoms in total. The van der Waals surface area contributed by atoms with Gasteiger partial charge < -0.3 is 19.5 Å². The minimum Gasteiger partial charge on any atom is -0.382 e. The molecule has 0 radical (unpaired) electrons. The van der Waals surface area contributed by atoms with Crippen molar-refractivity contribution in [2.24, 2.45) is 0 Å². The van der Waals surface area contributed by atoms with Crippen LogP contribution in [0.4, 0.5) is 0 Å². The minimum atomic E-state index is 0.650. The minimum absolute atomic E-state index is 0.650.